The highest BCUT2D eigenvalue weighted by molar-refractivity contribution is 5.87. The second kappa shape index (κ2) is 9.90. The topological polar surface area (TPSA) is 88.1 Å². The van der Waals surface area contributed by atoms with Crippen molar-refractivity contribution < 1.29 is 33.3 Å². The van der Waals surface area contributed by atoms with Crippen molar-refractivity contribution in [3.05, 3.63) is 42.0 Å². The Kier molecular flexibility index (Phi) is 7.32. The molecule has 7 atom stereocenters. The van der Waals surface area contributed by atoms with E-state index in [2.05, 4.69) is 20.8 Å². The highest BCUT2D eigenvalue weighted by atomic mass is 16.6. The van der Waals surface area contributed by atoms with Gasteiger partial charge in [0, 0.05) is 13.0 Å². The minimum absolute atomic E-state index is 0.0279. The number of esters is 3. The summed E-state index contributed by atoms with van der Waals surface area (Å²) in [6.07, 6.45) is 2.86. The molecule has 2 aliphatic carbocycles. The fraction of sp³-hybridized carbons (Fsp3) is 0.633. The molecule has 4 rings (SSSR count). The number of carbonyl (C=O) groups excluding carboxylic acids is 3. The first-order valence-electron chi connectivity index (χ1n) is 13.3. The van der Waals surface area contributed by atoms with Crippen molar-refractivity contribution in [1.29, 1.82) is 0 Å². The van der Waals surface area contributed by atoms with E-state index in [1.165, 1.54) is 13.0 Å². The van der Waals surface area contributed by atoms with Crippen LogP contribution in [0.25, 0.3) is 6.08 Å². The summed E-state index contributed by atoms with van der Waals surface area (Å²) in [5.41, 5.74) is -1.20. The predicted octanol–water partition coefficient (Wildman–Crippen LogP) is 5.11. The highest BCUT2D eigenvalue weighted by Crippen LogP contribution is 2.67. The minimum atomic E-state index is -0.932. The number of carbonyl (C=O) groups is 3. The first-order chi connectivity index (χ1) is 17.3. The molecule has 1 heterocycles. The van der Waals surface area contributed by atoms with Gasteiger partial charge in [-0.2, -0.15) is 0 Å². The zero-order valence-electron chi connectivity index (χ0n) is 23.0. The van der Waals surface area contributed by atoms with Crippen LogP contribution in [0.15, 0.2) is 36.4 Å². The Morgan fingerprint density at radius 1 is 1.03 bits per heavy atom. The Morgan fingerprint density at radius 2 is 1.70 bits per heavy atom. The van der Waals surface area contributed by atoms with Gasteiger partial charge in [0.25, 0.3) is 0 Å². The fourth-order valence-electron chi connectivity index (χ4n) is 6.84. The van der Waals surface area contributed by atoms with Crippen molar-refractivity contribution in [1.82, 2.24) is 0 Å². The zero-order valence-corrected chi connectivity index (χ0v) is 23.0. The van der Waals surface area contributed by atoms with Crippen LogP contribution in [0, 0.1) is 23.2 Å². The van der Waals surface area contributed by atoms with Gasteiger partial charge in [0.15, 0.2) is 6.10 Å². The highest BCUT2D eigenvalue weighted by Gasteiger charge is 2.75. The number of hydrogen-bond acceptors (Lipinski definition) is 7. The molecule has 37 heavy (non-hydrogen) atoms. The molecule has 2 saturated carbocycles. The van der Waals surface area contributed by atoms with Gasteiger partial charge in [-0.15, -0.1) is 0 Å². The Labute approximate surface area is 219 Å². The number of fused-ring (bicyclic) bond motifs is 1. The van der Waals surface area contributed by atoms with E-state index in [0.29, 0.717) is 12.8 Å². The van der Waals surface area contributed by atoms with Gasteiger partial charge in [-0.1, -0.05) is 51.1 Å². The average molecular weight is 513 g/mol. The van der Waals surface area contributed by atoms with Crippen LogP contribution in [0.5, 0.6) is 0 Å². The molecule has 1 aromatic carbocycles. The van der Waals surface area contributed by atoms with E-state index in [9.17, 15) is 14.4 Å². The second-order valence-corrected chi connectivity index (χ2v) is 12.0. The van der Waals surface area contributed by atoms with E-state index in [0.717, 1.165) is 12.0 Å². The van der Waals surface area contributed by atoms with Crippen LogP contribution in [0.2, 0.25) is 0 Å². The smallest absolute Gasteiger partial charge is 0.331 e. The third-order valence-corrected chi connectivity index (χ3v) is 8.87. The Balaban J connectivity index is 1.73. The van der Waals surface area contributed by atoms with Crippen molar-refractivity contribution in [3.63, 3.8) is 0 Å². The maximum Gasteiger partial charge on any atom is 0.331 e. The molecule has 0 N–H and O–H groups in total. The molecule has 1 aromatic rings. The standard InChI is InChI=1S/C30H40O7/c1-18(2)27(33)35-23-15-19(3)30-17-22(28(5,6)37-30)16-24(29(30,7)26(23)34-20(4)31)36-25(32)14-13-21-11-9-8-10-12-21/h8-14,18-19,22-24,26H,15-17H2,1-7H3. The average Bonchev–Trinajstić information content (AvgIpc) is 3.07. The molecule has 202 valence electrons. The molecule has 0 radical (unpaired) electrons. The van der Waals surface area contributed by atoms with Crippen LogP contribution in [0.3, 0.4) is 0 Å². The molecule has 0 aromatic heterocycles. The number of rotatable bonds is 6. The molecule has 1 spiro atoms. The first kappa shape index (κ1) is 27.4. The third kappa shape index (κ3) is 4.83. The molecular formula is C30H40O7. The lowest BCUT2D eigenvalue weighted by Crippen LogP contribution is -2.71. The Bertz CT molecular complexity index is 1060. The Morgan fingerprint density at radius 3 is 2.32 bits per heavy atom. The van der Waals surface area contributed by atoms with E-state index >= 15 is 0 Å². The summed E-state index contributed by atoms with van der Waals surface area (Å²) in [4.78, 5) is 38.1. The van der Waals surface area contributed by atoms with Gasteiger partial charge in [-0.05, 0) is 63.5 Å². The quantitative estimate of drug-likeness (QED) is 0.297. The maximum atomic E-state index is 13.1. The molecule has 7 heteroatoms. The summed E-state index contributed by atoms with van der Waals surface area (Å²) in [5, 5.41) is 0. The number of ether oxygens (including phenoxy) is 4. The summed E-state index contributed by atoms with van der Waals surface area (Å²) in [5.74, 6) is -1.50. The van der Waals surface area contributed by atoms with Crippen LogP contribution in [-0.2, 0) is 33.3 Å². The molecule has 7 unspecified atom stereocenters. The van der Waals surface area contributed by atoms with E-state index in [1.54, 1.807) is 19.9 Å². The SMILES string of the molecule is CC(=O)OC1C(OC(=O)C(C)C)CC(C)C23CC(CC(OC(=O)C=Cc4ccccc4)C12C)C(C)(C)O3. The normalized spacial score (nSPS) is 36.2. The fourth-order valence-corrected chi connectivity index (χ4v) is 6.84. The Hall–Kier alpha value is -2.67. The van der Waals surface area contributed by atoms with Crippen molar-refractivity contribution in [2.24, 2.45) is 23.2 Å². The van der Waals surface area contributed by atoms with Gasteiger partial charge < -0.3 is 18.9 Å². The van der Waals surface area contributed by atoms with Gasteiger partial charge >= 0.3 is 17.9 Å². The van der Waals surface area contributed by atoms with Crippen LogP contribution in [0.4, 0.5) is 0 Å². The van der Waals surface area contributed by atoms with Gasteiger partial charge in [-0.25, -0.2) is 4.79 Å². The van der Waals surface area contributed by atoms with Crippen LogP contribution < -0.4 is 0 Å². The zero-order chi connectivity index (χ0) is 27.2. The summed E-state index contributed by atoms with van der Waals surface area (Å²) in [7, 11) is 0. The van der Waals surface area contributed by atoms with Crippen LogP contribution in [-0.4, -0.2) is 47.4 Å². The summed E-state index contributed by atoms with van der Waals surface area (Å²) in [6, 6.07) is 9.53. The molecule has 7 nitrogen and oxygen atoms in total. The number of hydrogen-bond donors (Lipinski definition) is 0. The lowest BCUT2D eigenvalue weighted by Gasteiger charge is -2.61. The summed E-state index contributed by atoms with van der Waals surface area (Å²) < 4.78 is 25.0. The molecule has 1 aliphatic heterocycles. The van der Waals surface area contributed by atoms with Crippen molar-refractivity contribution in [2.45, 2.75) is 97.2 Å². The maximum absolute atomic E-state index is 13.1. The van der Waals surface area contributed by atoms with Crippen molar-refractivity contribution in [2.75, 3.05) is 0 Å². The lowest BCUT2D eigenvalue weighted by atomic mass is 9.49. The van der Waals surface area contributed by atoms with E-state index in [-0.39, 0.29) is 23.7 Å². The molecule has 3 fully saturated rings. The summed E-state index contributed by atoms with van der Waals surface area (Å²) >= 11 is 0. The van der Waals surface area contributed by atoms with Crippen molar-refractivity contribution >= 4 is 24.0 Å². The largest absolute Gasteiger partial charge is 0.458 e. The third-order valence-electron chi connectivity index (χ3n) is 8.87. The van der Waals surface area contributed by atoms with E-state index in [4.69, 9.17) is 18.9 Å². The van der Waals surface area contributed by atoms with Crippen LogP contribution in [0.1, 0.15) is 73.3 Å². The van der Waals surface area contributed by atoms with Crippen LogP contribution >= 0.6 is 0 Å². The second-order valence-electron chi connectivity index (χ2n) is 12.0. The molecule has 2 bridgehead atoms. The molecule has 1 saturated heterocycles. The van der Waals surface area contributed by atoms with Gasteiger partial charge in [0.1, 0.15) is 12.2 Å². The van der Waals surface area contributed by atoms with Gasteiger partial charge in [0.2, 0.25) is 0 Å². The summed E-state index contributed by atoms with van der Waals surface area (Å²) in [6.45, 7) is 13.1. The molecular weight excluding hydrogens is 472 g/mol. The van der Waals surface area contributed by atoms with Crippen molar-refractivity contribution in [3.8, 4) is 0 Å². The van der Waals surface area contributed by atoms with E-state index < -0.39 is 46.9 Å². The lowest BCUT2D eigenvalue weighted by molar-refractivity contribution is -0.285. The van der Waals surface area contributed by atoms with Gasteiger partial charge in [-0.3, -0.25) is 9.59 Å². The van der Waals surface area contributed by atoms with Gasteiger partial charge in [0.05, 0.1) is 22.5 Å². The number of benzene rings is 1. The predicted molar refractivity (Wildman–Crippen MR) is 138 cm³/mol. The molecule has 3 aliphatic rings. The monoisotopic (exact) mass is 512 g/mol. The minimum Gasteiger partial charge on any atom is -0.458 e. The first-order valence-corrected chi connectivity index (χ1v) is 13.3. The molecule has 0 amide bonds. The van der Waals surface area contributed by atoms with E-state index in [1.807, 2.05) is 37.3 Å².